The number of fused-ring (bicyclic) bond motifs is 5. The maximum Gasteiger partial charge on any atom is 0.255 e. The van der Waals surface area contributed by atoms with Gasteiger partial charge in [-0.2, -0.15) is 0 Å². The molecule has 0 aromatic heterocycles. The van der Waals surface area contributed by atoms with Gasteiger partial charge in [-0.05, 0) is 60.7 Å². The third-order valence-electron chi connectivity index (χ3n) is 6.03. The molecular formula is C22H16Cl2N2O3. The van der Waals surface area contributed by atoms with Gasteiger partial charge in [0.2, 0.25) is 11.8 Å². The number of carbonyl (C=O) groups is 3. The minimum atomic E-state index is -0.362. The highest BCUT2D eigenvalue weighted by Crippen LogP contribution is 2.53. The number of nitrogens with zero attached hydrogens (tertiary/aromatic N) is 1. The van der Waals surface area contributed by atoms with Crippen LogP contribution in [0.2, 0.25) is 10.0 Å². The molecule has 7 heteroatoms. The lowest BCUT2D eigenvalue weighted by atomic mass is 9.85. The lowest BCUT2D eigenvalue weighted by Gasteiger charge is -2.17. The van der Waals surface area contributed by atoms with Crippen LogP contribution < -0.4 is 10.2 Å². The minimum Gasteiger partial charge on any atom is -0.321 e. The SMILES string of the molecule is O=C(Nc1cc(Cl)ccc1Cl)c1ccc(N2C(=O)[C@@H]3[C@H](C2=O)[C@H]2C=C[C@H]3C2)cc1. The van der Waals surface area contributed by atoms with Gasteiger partial charge < -0.3 is 5.32 Å². The molecule has 3 amide bonds. The molecule has 146 valence electrons. The van der Waals surface area contributed by atoms with Crippen molar-refractivity contribution in [1.29, 1.82) is 0 Å². The predicted molar refractivity (Wildman–Crippen MR) is 111 cm³/mol. The Kier molecular flexibility index (Phi) is 4.26. The van der Waals surface area contributed by atoms with Crippen LogP contribution in [0, 0.1) is 23.7 Å². The van der Waals surface area contributed by atoms with E-state index in [1.807, 2.05) is 0 Å². The second kappa shape index (κ2) is 6.71. The Bertz CT molecular complexity index is 1050. The van der Waals surface area contributed by atoms with Crippen molar-refractivity contribution in [3.8, 4) is 0 Å². The Hall–Kier alpha value is -2.63. The molecular weight excluding hydrogens is 411 g/mol. The topological polar surface area (TPSA) is 66.5 Å². The van der Waals surface area contributed by atoms with E-state index in [4.69, 9.17) is 23.2 Å². The Labute approximate surface area is 177 Å². The molecule has 4 atom stereocenters. The highest BCUT2D eigenvalue weighted by atomic mass is 35.5. The van der Waals surface area contributed by atoms with Crippen LogP contribution in [0.3, 0.4) is 0 Å². The quantitative estimate of drug-likeness (QED) is 0.577. The molecule has 2 aromatic carbocycles. The fraction of sp³-hybridized carbons (Fsp3) is 0.227. The number of amides is 3. The number of allylic oxidation sites excluding steroid dienone is 2. The van der Waals surface area contributed by atoms with Crippen LogP contribution in [-0.4, -0.2) is 17.7 Å². The van der Waals surface area contributed by atoms with E-state index in [1.165, 1.54) is 4.90 Å². The van der Waals surface area contributed by atoms with E-state index in [2.05, 4.69) is 17.5 Å². The fourth-order valence-electron chi connectivity index (χ4n) is 4.71. The molecule has 1 N–H and O–H groups in total. The maximum atomic E-state index is 12.9. The van der Waals surface area contributed by atoms with E-state index in [9.17, 15) is 14.4 Å². The minimum absolute atomic E-state index is 0.139. The summed E-state index contributed by atoms with van der Waals surface area (Å²) in [7, 11) is 0. The Balaban J connectivity index is 1.36. The summed E-state index contributed by atoms with van der Waals surface area (Å²) in [6.07, 6.45) is 5.02. The van der Waals surface area contributed by atoms with Crippen molar-refractivity contribution in [2.75, 3.05) is 10.2 Å². The summed E-state index contributed by atoms with van der Waals surface area (Å²) in [6.45, 7) is 0. The van der Waals surface area contributed by atoms with Gasteiger partial charge in [0, 0.05) is 10.6 Å². The first-order valence-electron chi connectivity index (χ1n) is 9.36. The average molecular weight is 427 g/mol. The number of halogens is 2. The summed E-state index contributed by atoms with van der Waals surface area (Å²) < 4.78 is 0. The van der Waals surface area contributed by atoms with E-state index in [-0.39, 0.29) is 41.4 Å². The van der Waals surface area contributed by atoms with Crippen molar-refractivity contribution in [3.05, 3.63) is 70.2 Å². The molecule has 2 bridgehead atoms. The molecule has 0 radical (unpaired) electrons. The number of hydrogen-bond acceptors (Lipinski definition) is 3. The molecule has 2 aliphatic carbocycles. The van der Waals surface area contributed by atoms with Crippen LogP contribution in [-0.2, 0) is 9.59 Å². The first kappa shape index (κ1) is 18.4. The number of imide groups is 1. The summed E-state index contributed by atoms with van der Waals surface area (Å²) >= 11 is 12.0. The van der Waals surface area contributed by atoms with Gasteiger partial charge in [-0.1, -0.05) is 35.4 Å². The summed E-state index contributed by atoms with van der Waals surface area (Å²) in [5, 5.41) is 3.55. The number of anilines is 2. The highest BCUT2D eigenvalue weighted by molar-refractivity contribution is 6.36. The van der Waals surface area contributed by atoms with Crippen LogP contribution in [0.5, 0.6) is 0 Å². The van der Waals surface area contributed by atoms with Gasteiger partial charge in [-0.15, -0.1) is 0 Å². The Morgan fingerprint density at radius 3 is 2.17 bits per heavy atom. The van der Waals surface area contributed by atoms with Gasteiger partial charge in [0.15, 0.2) is 0 Å². The van der Waals surface area contributed by atoms with Crippen LogP contribution >= 0.6 is 23.2 Å². The first-order valence-corrected chi connectivity index (χ1v) is 10.1. The fourth-order valence-corrected chi connectivity index (χ4v) is 5.04. The third-order valence-corrected chi connectivity index (χ3v) is 6.60. The molecule has 0 unspecified atom stereocenters. The van der Waals surface area contributed by atoms with Gasteiger partial charge in [0.1, 0.15) is 0 Å². The predicted octanol–water partition coefficient (Wildman–Crippen LogP) is 4.56. The number of nitrogens with one attached hydrogen (secondary N) is 1. The Morgan fingerprint density at radius 1 is 0.931 bits per heavy atom. The van der Waals surface area contributed by atoms with E-state index < -0.39 is 0 Å². The molecule has 1 saturated carbocycles. The zero-order chi connectivity index (χ0) is 20.3. The van der Waals surface area contributed by atoms with Gasteiger partial charge in [-0.25, -0.2) is 0 Å². The highest BCUT2D eigenvalue weighted by Gasteiger charge is 2.59. The van der Waals surface area contributed by atoms with Crippen molar-refractivity contribution < 1.29 is 14.4 Å². The number of hydrogen-bond donors (Lipinski definition) is 1. The molecule has 29 heavy (non-hydrogen) atoms. The van der Waals surface area contributed by atoms with E-state index >= 15 is 0 Å². The van der Waals surface area contributed by atoms with Crippen LogP contribution in [0.25, 0.3) is 0 Å². The molecule has 1 saturated heterocycles. The van der Waals surface area contributed by atoms with Gasteiger partial charge in [-0.3, -0.25) is 19.3 Å². The normalized spacial score (nSPS) is 26.9. The van der Waals surface area contributed by atoms with Crippen molar-refractivity contribution in [3.63, 3.8) is 0 Å². The molecule has 5 nitrogen and oxygen atoms in total. The number of carbonyl (C=O) groups excluding carboxylic acids is 3. The van der Waals surface area contributed by atoms with Gasteiger partial charge in [0.25, 0.3) is 5.91 Å². The van der Waals surface area contributed by atoms with Crippen molar-refractivity contribution in [2.24, 2.45) is 23.7 Å². The monoisotopic (exact) mass is 426 g/mol. The summed E-state index contributed by atoms with van der Waals surface area (Å²) in [6, 6.07) is 11.2. The van der Waals surface area contributed by atoms with Gasteiger partial charge >= 0.3 is 0 Å². The van der Waals surface area contributed by atoms with E-state index in [1.54, 1.807) is 42.5 Å². The van der Waals surface area contributed by atoms with Crippen molar-refractivity contribution in [1.82, 2.24) is 0 Å². The molecule has 5 rings (SSSR count). The summed E-state index contributed by atoms with van der Waals surface area (Å²) in [5.74, 6) is -0.799. The first-order chi connectivity index (χ1) is 13.9. The van der Waals surface area contributed by atoms with Gasteiger partial charge in [0.05, 0.1) is 28.2 Å². The molecule has 2 fully saturated rings. The number of rotatable bonds is 3. The van der Waals surface area contributed by atoms with E-state index in [0.717, 1.165) is 6.42 Å². The molecule has 1 aliphatic heterocycles. The second-order valence-electron chi connectivity index (χ2n) is 7.64. The second-order valence-corrected chi connectivity index (χ2v) is 8.48. The third kappa shape index (κ3) is 2.88. The smallest absolute Gasteiger partial charge is 0.255 e. The van der Waals surface area contributed by atoms with Crippen LogP contribution in [0.1, 0.15) is 16.8 Å². The lowest BCUT2D eigenvalue weighted by Crippen LogP contribution is -2.32. The summed E-state index contributed by atoms with van der Waals surface area (Å²) in [4.78, 5) is 39.6. The van der Waals surface area contributed by atoms with Crippen molar-refractivity contribution >= 4 is 52.3 Å². The largest absolute Gasteiger partial charge is 0.321 e. The lowest BCUT2D eigenvalue weighted by molar-refractivity contribution is -0.123. The Morgan fingerprint density at radius 2 is 1.55 bits per heavy atom. The van der Waals surface area contributed by atoms with Crippen LogP contribution in [0.4, 0.5) is 11.4 Å². The van der Waals surface area contributed by atoms with Crippen LogP contribution in [0.15, 0.2) is 54.6 Å². The van der Waals surface area contributed by atoms with E-state index in [0.29, 0.717) is 27.0 Å². The maximum absolute atomic E-state index is 12.9. The zero-order valence-electron chi connectivity index (χ0n) is 15.1. The standard InChI is InChI=1S/C22H16Cl2N2O3/c23-14-5-8-16(24)17(10-14)25-20(27)11-3-6-15(7-4-11)26-21(28)18-12-1-2-13(9-12)19(18)22(26)29/h1-8,10,12-13,18-19H,9H2,(H,25,27)/t12-,13-,18-,19+/m0/s1. The van der Waals surface area contributed by atoms with Crippen molar-refractivity contribution in [2.45, 2.75) is 6.42 Å². The summed E-state index contributed by atoms with van der Waals surface area (Å²) in [5.41, 5.74) is 1.28. The average Bonchev–Trinajstić information content (AvgIpc) is 3.39. The molecule has 3 aliphatic rings. The zero-order valence-corrected chi connectivity index (χ0v) is 16.7. The number of benzene rings is 2. The molecule has 0 spiro atoms. The molecule has 2 aromatic rings. The molecule has 1 heterocycles.